The maximum Gasteiger partial charge on any atom is 0.256 e. The Kier molecular flexibility index (Phi) is 4.74. The highest BCUT2D eigenvalue weighted by Gasteiger charge is 2.14. The average Bonchev–Trinajstić information content (AvgIpc) is 2.41. The van der Waals surface area contributed by atoms with Gasteiger partial charge in [-0.2, -0.15) is 0 Å². The first kappa shape index (κ1) is 16.1. The zero-order valence-corrected chi connectivity index (χ0v) is 14.5. The Morgan fingerprint density at radius 1 is 1.10 bits per heavy atom. The lowest BCUT2D eigenvalue weighted by atomic mass is 9.87. The Bertz CT molecular complexity index is 659. The summed E-state index contributed by atoms with van der Waals surface area (Å²) in [6, 6.07) is 13.0. The molecule has 0 spiro atoms. The van der Waals surface area contributed by atoms with Crippen molar-refractivity contribution in [1.82, 2.24) is 0 Å². The van der Waals surface area contributed by atoms with E-state index in [0.717, 1.165) is 10.2 Å². The number of anilines is 1. The van der Waals surface area contributed by atoms with Gasteiger partial charge in [-0.3, -0.25) is 4.79 Å². The fraction of sp³-hybridized carbons (Fsp3) is 0.235. The first-order valence-electron chi connectivity index (χ1n) is 6.64. The summed E-state index contributed by atoms with van der Waals surface area (Å²) >= 11 is 9.30. The van der Waals surface area contributed by atoms with Crippen LogP contribution in [0.15, 0.2) is 46.9 Å². The zero-order valence-electron chi connectivity index (χ0n) is 12.2. The molecule has 0 atom stereocenters. The number of hydrogen-bond acceptors (Lipinski definition) is 1. The Morgan fingerprint density at radius 2 is 1.71 bits per heavy atom. The van der Waals surface area contributed by atoms with Gasteiger partial charge in [0.25, 0.3) is 5.91 Å². The molecule has 0 radical (unpaired) electrons. The van der Waals surface area contributed by atoms with Crippen molar-refractivity contribution in [3.05, 3.63) is 63.1 Å². The van der Waals surface area contributed by atoms with Crippen LogP contribution >= 0.6 is 27.5 Å². The van der Waals surface area contributed by atoms with E-state index in [9.17, 15) is 4.79 Å². The zero-order chi connectivity index (χ0) is 15.6. The first-order valence-corrected chi connectivity index (χ1v) is 7.81. The second-order valence-electron chi connectivity index (χ2n) is 5.91. The van der Waals surface area contributed by atoms with Crippen molar-refractivity contribution in [2.45, 2.75) is 26.2 Å². The molecule has 0 aromatic heterocycles. The lowest BCUT2D eigenvalue weighted by molar-refractivity contribution is 0.102. The number of carbonyl (C=O) groups excluding carboxylic acids is 1. The van der Waals surface area contributed by atoms with Gasteiger partial charge in [-0.15, -0.1) is 0 Å². The monoisotopic (exact) mass is 365 g/mol. The Morgan fingerprint density at radius 3 is 2.29 bits per heavy atom. The van der Waals surface area contributed by atoms with Gasteiger partial charge in [0.1, 0.15) is 0 Å². The van der Waals surface area contributed by atoms with Gasteiger partial charge >= 0.3 is 0 Å². The molecule has 2 nitrogen and oxygen atoms in total. The van der Waals surface area contributed by atoms with Crippen LogP contribution < -0.4 is 5.32 Å². The summed E-state index contributed by atoms with van der Waals surface area (Å²) in [7, 11) is 0. The molecule has 4 heteroatoms. The lowest BCUT2D eigenvalue weighted by Gasteiger charge is -2.19. The second-order valence-corrected chi connectivity index (χ2v) is 7.20. The smallest absolute Gasteiger partial charge is 0.256 e. The number of halogens is 2. The third-order valence-corrected chi connectivity index (χ3v) is 4.11. The molecule has 1 N–H and O–H groups in total. The standard InChI is InChI=1S/C17H17BrClNO/c1-17(2,3)11-4-7-13(8-5-11)20-16(21)14-10-12(19)6-9-15(14)18/h4-10H,1-3H3,(H,20,21). The number of nitrogens with one attached hydrogen (secondary N) is 1. The van der Waals surface area contributed by atoms with Crippen molar-refractivity contribution in [3.8, 4) is 0 Å². The minimum Gasteiger partial charge on any atom is -0.322 e. The SMILES string of the molecule is CC(C)(C)c1ccc(NC(=O)c2cc(Cl)ccc2Br)cc1. The van der Waals surface area contributed by atoms with E-state index in [1.165, 1.54) is 5.56 Å². The maximum absolute atomic E-state index is 12.3. The van der Waals surface area contributed by atoms with Gasteiger partial charge in [-0.25, -0.2) is 0 Å². The molecule has 0 aliphatic rings. The Balaban J connectivity index is 2.18. The van der Waals surface area contributed by atoms with Gasteiger partial charge in [0.2, 0.25) is 0 Å². The molecule has 2 aromatic carbocycles. The summed E-state index contributed by atoms with van der Waals surface area (Å²) in [6.45, 7) is 6.47. The summed E-state index contributed by atoms with van der Waals surface area (Å²) in [4.78, 5) is 12.3. The molecule has 2 rings (SSSR count). The van der Waals surface area contributed by atoms with Crippen LogP contribution in [0.1, 0.15) is 36.7 Å². The van der Waals surface area contributed by atoms with E-state index in [0.29, 0.717) is 10.6 Å². The van der Waals surface area contributed by atoms with E-state index in [-0.39, 0.29) is 11.3 Å². The predicted molar refractivity (Wildman–Crippen MR) is 92.2 cm³/mol. The summed E-state index contributed by atoms with van der Waals surface area (Å²) in [6.07, 6.45) is 0. The fourth-order valence-electron chi connectivity index (χ4n) is 1.92. The highest BCUT2D eigenvalue weighted by Crippen LogP contribution is 2.25. The molecule has 110 valence electrons. The molecule has 0 saturated heterocycles. The van der Waals surface area contributed by atoms with Crippen molar-refractivity contribution in [1.29, 1.82) is 0 Å². The molecule has 0 unspecified atom stereocenters. The van der Waals surface area contributed by atoms with Crippen LogP contribution in [0, 0.1) is 0 Å². The van der Waals surface area contributed by atoms with Crippen LogP contribution in [0.4, 0.5) is 5.69 Å². The van der Waals surface area contributed by atoms with Crippen LogP contribution in [0.3, 0.4) is 0 Å². The van der Waals surface area contributed by atoms with Gasteiger partial charge in [0, 0.05) is 15.2 Å². The van der Waals surface area contributed by atoms with Crippen molar-refractivity contribution < 1.29 is 4.79 Å². The number of hydrogen-bond donors (Lipinski definition) is 1. The summed E-state index contributed by atoms with van der Waals surface area (Å²) in [5, 5.41) is 3.41. The second kappa shape index (κ2) is 6.20. The fourth-order valence-corrected chi connectivity index (χ4v) is 2.52. The largest absolute Gasteiger partial charge is 0.322 e. The molecule has 21 heavy (non-hydrogen) atoms. The van der Waals surface area contributed by atoms with Crippen molar-refractivity contribution in [2.24, 2.45) is 0 Å². The van der Waals surface area contributed by atoms with E-state index in [1.807, 2.05) is 24.3 Å². The molecule has 0 fully saturated rings. The van der Waals surface area contributed by atoms with Crippen LogP contribution in [-0.4, -0.2) is 5.91 Å². The molecule has 0 aliphatic heterocycles. The van der Waals surface area contributed by atoms with E-state index in [2.05, 4.69) is 42.0 Å². The first-order chi connectivity index (χ1) is 9.77. The van der Waals surface area contributed by atoms with E-state index >= 15 is 0 Å². The van der Waals surface area contributed by atoms with Gasteiger partial charge in [0.15, 0.2) is 0 Å². The number of carbonyl (C=O) groups is 1. The molecule has 0 heterocycles. The minimum absolute atomic E-state index is 0.0958. The molecule has 0 bridgehead atoms. The topological polar surface area (TPSA) is 29.1 Å². The van der Waals surface area contributed by atoms with Crippen LogP contribution in [0.25, 0.3) is 0 Å². The third kappa shape index (κ3) is 4.08. The minimum atomic E-state index is -0.187. The Labute approximate surface area is 138 Å². The number of rotatable bonds is 2. The number of amides is 1. The summed E-state index contributed by atoms with van der Waals surface area (Å²) in [5.74, 6) is -0.187. The van der Waals surface area contributed by atoms with Gasteiger partial charge in [-0.1, -0.05) is 44.5 Å². The molecule has 2 aromatic rings. The van der Waals surface area contributed by atoms with Gasteiger partial charge in [-0.05, 0) is 57.2 Å². The summed E-state index contributed by atoms with van der Waals surface area (Å²) < 4.78 is 0.718. The molecular weight excluding hydrogens is 350 g/mol. The van der Waals surface area contributed by atoms with E-state index < -0.39 is 0 Å². The lowest BCUT2D eigenvalue weighted by Crippen LogP contribution is -2.14. The molecule has 0 saturated carbocycles. The normalized spacial score (nSPS) is 11.3. The third-order valence-electron chi connectivity index (χ3n) is 3.18. The van der Waals surface area contributed by atoms with E-state index in [4.69, 9.17) is 11.6 Å². The highest BCUT2D eigenvalue weighted by molar-refractivity contribution is 9.10. The average molecular weight is 367 g/mol. The van der Waals surface area contributed by atoms with Gasteiger partial charge in [0.05, 0.1) is 5.56 Å². The number of benzene rings is 2. The van der Waals surface area contributed by atoms with Crippen molar-refractivity contribution in [2.75, 3.05) is 5.32 Å². The summed E-state index contributed by atoms with van der Waals surface area (Å²) in [5.41, 5.74) is 2.60. The maximum atomic E-state index is 12.3. The van der Waals surface area contributed by atoms with Crippen LogP contribution in [0.2, 0.25) is 5.02 Å². The molecule has 0 aliphatic carbocycles. The highest BCUT2D eigenvalue weighted by atomic mass is 79.9. The van der Waals surface area contributed by atoms with Crippen LogP contribution in [0.5, 0.6) is 0 Å². The van der Waals surface area contributed by atoms with E-state index in [1.54, 1.807) is 18.2 Å². The van der Waals surface area contributed by atoms with Crippen LogP contribution in [-0.2, 0) is 5.41 Å². The quantitative estimate of drug-likeness (QED) is 0.731. The molecular formula is C17H17BrClNO. The van der Waals surface area contributed by atoms with Crippen molar-refractivity contribution in [3.63, 3.8) is 0 Å². The van der Waals surface area contributed by atoms with Gasteiger partial charge < -0.3 is 5.32 Å². The van der Waals surface area contributed by atoms with Crippen molar-refractivity contribution >= 4 is 39.1 Å². The molecule has 1 amide bonds. The Hall–Kier alpha value is -1.32. The predicted octanol–water partition coefficient (Wildman–Crippen LogP) is 5.65.